The molecule has 3 aliphatic rings. The summed E-state index contributed by atoms with van der Waals surface area (Å²) in [4.78, 5) is 9.76. The predicted molar refractivity (Wildman–Crippen MR) is 103 cm³/mol. The average Bonchev–Trinajstić information content (AvgIpc) is 3.21. The minimum atomic E-state index is 0.712. The number of hydrogen-bond donors (Lipinski definition) is 0. The van der Waals surface area contributed by atoms with Crippen LogP contribution in [0.1, 0.15) is 19.3 Å². The molecule has 2 atom stereocenters. The average molecular weight is 353 g/mol. The zero-order valence-corrected chi connectivity index (χ0v) is 15.6. The van der Waals surface area contributed by atoms with Crippen molar-refractivity contribution in [3.05, 3.63) is 24.4 Å². The van der Waals surface area contributed by atoms with Crippen molar-refractivity contribution in [2.45, 2.75) is 25.3 Å². The van der Waals surface area contributed by atoms with Crippen molar-refractivity contribution in [2.24, 2.45) is 11.8 Å². The monoisotopic (exact) mass is 353 g/mol. The Morgan fingerprint density at radius 2 is 1.65 bits per heavy atom. The normalized spacial score (nSPS) is 26.2. The van der Waals surface area contributed by atoms with Crippen LogP contribution in [-0.2, 0) is 0 Å². The van der Waals surface area contributed by atoms with Gasteiger partial charge in [0.2, 0.25) is 0 Å². The number of methoxy groups -OCH3 is 2. The standard InChI is InChI=1S/C21H27N3O2/c1-25-20-8-17-18(9-21(20)26-2)22-7-6-19(17)24-12-16(13-24)23-10-14-4-3-5-15(14)11-23/h6-9,14-16H,3-5,10-13H2,1-2H3. The van der Waals surface area contributed by atoms with Crippen LogP contribution in [0.25, 0.3) is 10.9 Å². The van der Waals surface area contributed by atoms with Gasteiger partial charge >= 0.3 is 0 Å². The first-order chi connectivity index (χ1) is 12.8. The molecule has 2 saturated heterocycles. The first kappa shape index (κ1) is 16.2. The second-order valence-electron chi connectivity index (χ2n) is 8.02. The summed E-state index contributed by atoms with van der Waals surface area (Å²) in [5.74, 6) is 3.44. The Bertz CT molecular complexity index is 806. The third-order valence-electron chi connectivity index (χ3n) is 6.70. The second-order valence-corrected chi connectivity index (χ2v) is 8.02. The summed E-state index contributed by atoms with van der Waals surface area (Å²) in [6, 6.07) is 6.87. The molecule has 3 fully saturated rings. The zero-order valence-electron chi connectivity index (χ0n) is 15.6. The number of nitrogens with zero attached hydrogens (tertiary/aromatic N) is 3. The zero-order chi connectivity index (χ0) is 17.7. The van der Waals surface area contributed by atoms with Crippen LogP contribution in [0.5, 0.6) is 11.5 Å². The number of aromatic nitrogens is 1. The molecule has 3 heterocycles. The van der Waals surface area contributed by atoms with Gasteiger partial charge in [-0.1, -0.05) is 6.42 Å². The van der Waals surface area contributed by atoms with Crippen LogP contribution >= 0.6 is 0 Å². The maximum absolute atomic E-state index is 5.50. The number of hydrogen-bond acceptors (Lipinski definition) is 5. The minimum absolute atomic E-state index is 0.712. The molecule has 0 N–H and O–H groups in total. The molecule has 1 aromatic heterocycles. The second kappa shape index (κ2) is 6.31. The molecule has 5 nitrogen and oxygen atoms in total. The molecular weight excluding hydrogens is 326 g/mol. The van der Waals surface area contributed by atoms with Gasteiger partial charge in [0, 0.05) is 55.6 Å². The van der Waals surface area contributed by atoms with Crippen LogP contribution in [0.3, 0.4) is 0 Å². The molecule has 1 saturated carbocycles. The van der Waals surface area contributed by atoms with Crippen molar-refractivity contribution in [2.75, 3.05) is 45.3 Å². The molecule has 138 valence electrons. The first-order valence-corrected chi connectivity index (χ1v) is 9.76. The summed E-state index contributed by atoms with van der Waals surface area (Å²) in [6.45, 7) is 4.89. The molecule has 0 spiro atoms. The van der Waals surface area contributed by atoms with Crippen LogP contribution in [0.2, 0.25) is 0 Å². The maximum atomic E-state index is 5.50. The summed E-state index contributed by atoms with van der Waals surface area (Å²) >= 11 is 0. The van der Waals surface area contributed by atoms with Gasteiger partial charge in [-0.15, -0.1) is 0 Å². The van der Waals surface area contributed by atoms with Gasteiger partial charge in [0.25, 0.3) is 0 Å². The Balaban J connectivity index is 1.35. The SMILES string of the molecule is COc1cc2nccc(N3CC(N4CC5CCCC5C4)C3)c2cc1OC. The molecule has 0 bridgehead atoms. The van der Waals surface area contributed by atoms with Crippen molar-refractivity contribution in [1.29, 1.82) is 0 Å². The van der Waals surface area contributed by atoms with E-state index in [1.165, 1.54) is 38.0 Å². The molecule has 2 aliphatic heterocycles. The lowest BCUT2D eigenvalue weighted by Gasteiger charge is -2.46. The van der Waals surface area contributed by atoms with Gasteiger partial charge in [-0.05, 0) is 36.8 Å². The summed E-state index contributed by atoms with van der Waals surface area (Å²) in [6.07, 6.45) is 6.26. The molecule has 1 aliphatic carbocycles. The maximum Gasteiger partial charge on any atom is 0.162 e. The van der Waals surface area contributed by atoms with Gasteiger partial charge < -0.3 is 14.4 Å². The number of ether oxygens (including phenoxy) is 2. The highest BCUT2D eigenvalue weighted by Gasteiger charge is 2.42. The smallest absolute Gasteiger partial charge is 0.162 e. The number of pyridine rings is 1. The van der Waals surface area contributed by atoms with Crippen molar-refractivity contribution in [1.82, 2.24) is 9.88 Å². The van der Waals surface area contributed by atoms with E-state index in [9.17, 15) is 0 Å². The molecule has 5 heteroatoms. The summed E-state index contributed by atoms with van der Waals surface area (Å²) in [5.41, 5.74) is 2.21. The Labute approximate surface area is 154 Å². The molecule has 1 aromatic carbocycles. The Morgan fingerprint density at radius 1 is 0.962 bits per heavy atom. The molecule has 0 amide bonds. The first-order valence-electron chi connectivity index (χ1n) is 9.76. The fourth-order valence-electron chi connectivity index (χ4n) is 5.19. The fraction of sp³-hybridized carbons (Fsp3) is 0.571. The van der Waals surface area contributed by atoms with Gasteiger partial charge in [-0.2, -0.15) is 0 Å². The summed E-state index contributed by atoms with van der Waals surface area (Å²) < 4.78 is 10.9. The van der Waals surface area contributed by atoms with Crippen LogP contribution in [0.15, 0.2) is 24.4 Å². The molecule has 2 aromatic rings. The van der Waals surface area contributed by atoms with Crippen LogP contribution in [0.4, 0.5) is 5.69 Å². The van der Waals surface area contributed by atoms with Crippen LogP contribution < -0.4 is 14.4 Å². The van der Waals surface area contributed by atoms with Gasteiger partial charge in [0.15, 0.2) is 11.5 Å². The van der Waals surface area contributed by atoms with Crippen molar-refractivity contribution in [3.63, 3.8) is 0 Å². The Morgan fingerprint density at radius 3 is 2.35 bits per heavy atom. The highest BCUT2D eigenvalue weighted by atomic mass is 16.5. The van der Waals surface area contributed by atoms with Crippen molar-refractivity contribution in [3.8, 4) is 11.5 Å². The molecule has 2 unspecified atom stereocenters. The number of likely N-dealkylation sites (tertiary alicyclic amines) is 1. The lowest BCUT2D eigenvalue weighted by atomic mass is 10.0. The van der Waals surface area contributed by atoms with Crippen LogP contribution in [-0.4, -0.2) is 56.3 Å². The predicted octanol–water partition coefficient (Wildman–Crippen LogP) is 3.17. The summed E-state index contributed by atoms with van der Waals surface area (Å²) in [7, 11) is 3.35. The van der Waals surface area contributed by atoms with E-state index in [-0.39, 0.29) is 0 Å². The molecule has 5 rings (SSSR count). The number of rotatable bonds is 4. The Hall–Kier alpha value is -2.01. The van der Waals surface area contributed by atoms with Gasteiger partial charge in [0.05, 0.1) is 19.7 Å². The number of benzene rings is 1. The van der Waals surface area contributed by atoms with Crippen LogP contribution in [0, 0.1) is 11.8 Å². The van der Waals surface area contributed by atoms with E-state index in [0.717, 1.165) is 47.3 Å². The lowest BCUT2D eigenvalue weighted by molar-refractivity contribution is 0.190. The molecule has 26 heavy (non-hydrogen) atoms. The van der Waals surface area contributed by atoms with E-state index < -0.39 is 0 Å². The summed E-state index contributed by atoms with van der Waals surface area (Å²) in [5, 5.41) is 1.14. The van der Waals surface area contributed by atoms with Gasteiger partial charge in [0.1, 0.15) is 0 Å². The van der Waals surface area contributed by atoms with Gasteiger partial charge in [-0.25, -0.2) is 0 Å². The highest BCUT2D eigenvalue weighted by molar-refractivity contribution is 5.94. The number of fused-ring (bicyclic) bond motifs is 2. The molecular formula is C21H27N3O2. The Kier molecular flexibility index (Phi) is 3.92. The lowest BCUT2D eigenvalue weighted by Crippen LogP contribution is -2.59. The van der Waals surface area contributed by atoms with Crippen molar-refractivity contribution < 1.29 is 9.47 Å². The molecule has 0 radical (unpaired) electrons. The van der Waals surface area contributed by atoms with Crippen molar-refractivity contribution >= 4 is 16.6 Å². The van der Waals surface area contributed by atoms with E-state index >= 15 is 0 Å². The largest absolute Gasteiger partial charge is 0.493 e. The van der Waals surface area contributed by atoms with E-state index in [2.05, 4.69) is 26.9 Å². The van der Waals surface area contributed by atoms with E-state index in [0.29, 0.717) is 6.04 Å². The minimum Gasteiger partial charge on any atom is -0.493 e. The van der Waals surface area contributed by atoms with E-state index in [1.54, 1.807) is 14.2 Å². The third kappa shape index (κ3) is 2.52. The topological polar surface area (TPSA) is 37.8 Å². The van der Waals surface area contributed by atoms with E-state index in [1.807, 2.05) is 12.3 Å². The third-order valence-corrected chi connectivity index (χ3v) is 6.70. The fourth-order valence-corrected chi connectivity index (χ4v) is 5.19. The number of anilines is 1. The van der Waals surface area contributed by atoms with Gasteiger partial charge in [-0.3, -0.25) is 9.88 Å². The quantitative estimate of drug-likeness (QED) is 0.844. The highest BCUT2D eigenvalue weighted by Crippen LogP contribution is 2.41. The van der Waals surface area contributed by atoms with E-state index in [4.69, 9.17) is 9.47 Å².